The monoisotopic (exact) mass is 291 g/mol. The van der Waals surface area contributed by atoms with Crippen LogP contribution in [0.4, 0.5) is 5.13 Å². The number of aliphatic carboxylic acids is 1. The van der Waals surface area contributed by atoms with E-state index in [1.807, 2.05) is 0 Å². The first-order valence-corrected chi connectivity index (χ1v) is 5.90. The van der Waals surface area contributed by atoms with Crippen LogP contribution in [0.25, 0.3) is 0 Å². The molecule has 0 unspecified atom stereocenters. The molecular weight excluding hydrogens is 282 g/mol. The van der Waals surface area contributed by atoms with E-state index in [0.29, 0.717) is 0 Å². The van der Waals surface area contributed by atoms with Gasteiger partial charge in [-0.15, -0.1) is 11.3 Å². The van der Waals surface area contributed by atoms with Gasteiger partial charge in [-0.2, -0.15) is 0 Å². The molecular formula is C9H10ClN3O4S. The van der Waals surface area contributed by atoms with E-state index >= 15 is 0 Å². The number of hydrogen-bond acceptors (Lipinski definition) is 7. The Morgan fingerprint density at radius 1 is 1.61 bits per heavy atom. The zero-order chi connectivity index (χ0) is 13.9. The molecule has 7 nitrogen and oxygen atoms in total. The Labute approximate surface area is 111 Å². The molecule has 3 N–H and O–H groups in total. The first-order valence-electron chi connectivity index (χ1n) is 4.65. The van der Waals surface area contributed by atoms with Crippen LogP contribution >= 0.6 is 22.9 Å². The van der Waals surface area contributed by atoms with Crippen LogP contribution in [-0.4, -0.2) is 32.6 Å². The third-order valence-electron chi connectivity index (χ3n) is 1.83. The molecule has 1 heterocycles. The van der Waals surface area contributed by atoms with E-state index in [1.165, 1.54) is 19.2 Å². The second-order valence-electron chi connectivity index (χ2n) is 3.69. The maximum atomic E-state index is 11.2. The fourth-order valence-electron chi connectivity index (χ4n) is 0.779. The number of carboxylic acid groups (broad SMARTS) is 1. The van der Waals surface area contributed by atoms with E-state index in [0.717, 1.165) is 11.3 Å². The van der Waals surface area contributed by atoms with Crippen molar-refractivity contribution >= 4 is 45.0 Å². The van der Waals surface area contributed by atoms with Crippen molar-refractivity contribution in [2.24, 2.45) is 5.16 Å². The average molecular weight is 292 g/mol. The van der Waals surface area contributed by atoms with Crippen LogP contribution in [0.2, 0.25) is 0 Å². The molecule has 0 bridgehead atoms. The number of nitrogens with two attached hydrogens (primary N) is 1. The van der Waals surface area contributed by atoms with Crippen LogP contribution in [0.15, 0.2) is 10.5 Å². The average Bonchev–Trinajstić information content (AvgIpc) is 2.64. The van der Waals surface area contributed by atoms with Crippen LogP contribution in [-0.2, 0) is 14.4 Å². The van der Waals surface area contributed by atoms with Gasteiger partial charge in [0.1, 0.15) is 5.69 Å². The van der Waals surface area contributed by atoms with Gasteiger partial charge in [0.2, 0.25) is 5.60 Å². The van der Waals surface area contributed by atoms with Crippen LogP contribution in [0.5, 0.6) is 0 Å². The van der Waals surface area contributed by atoms with Gasteiger partial charge in [-0.3, -0.25) is 4.79 Å². The summed E-state index contributed by atoms with van der Waals surface area (Å²) in [7, 11) is 0. The molecule has 0 saturated carbocycles. The highest BCUT2D eigenvalue weighted by molar-refractivity contribution is 7.13. The van der Waals surface area contributed by atoms with E-state index in [-0.39, 0.29) is 16.5 Å². The van der Waals surface area contributed by atoms with Gasteiger partial charge in [-0.1, -0.05) is 5.16 Å². The third-order valence-corrected chi connectivity index (χ3v) is 2.68. The van der Waals surface area contributed by atoms with Crippen molar-refractivity contribution in [3.63, 3.8) is 0 Å². The van der Waals surface area contributed by atoms with E-state index in [2.05, 4.69) is 10.1 Å². The van der Waals surface area contributed by atoms with E-state index in [9.17, 15) is 9.59 Å². The topological polar surface area (TPSA) is 115 Å². The Bertz CT molecular complexity index is 512. The number of rotatable bonds is 5. The Morgan fingerprint density at radius 3 is 2.61 bits per heavy atom. The number of anilines is 1. The van der Waals surface area contributed by atoms with Crippen molar-refractivity contribution in [2.75, 3.05) is 5.73 Å². The molecule has 18 heavy (non-hydrogen) atoms. The highest BCUT2D eigenvalue weighted by Gasteiger charge is 2.30. The number of carbonyl (C=O) groups excluding carboxylic acids is 1. The van der Waals surface area contributed by atoms with Crippen molar-refractivity contribution in [1.29, 1.82) is 0 Å². The van der Waals surface area contributed by atoms with E-state index < -0.39 is 16.8 Å². The third kappa shape index (κ3) is 3.41. The van der Waals surface area contributed by atoms with Gasteiger partial charge < -0.3 is 15.7 Å². The zero-order valence-electron chi connectivity index (χ0n) is 9.51. The molecule has 0 aliphatic heterocycles. The summed E-state index contributed by atoms with van der Waals surface area (Å²) >= 11 is 6.42. The summed E-state index contributed by atoms with van der Waals surface area (Å²) in [5.74, 6) is -1.23. The standard InChI is InChI=1S/C9H10ClN3O4S/c1-9(2,7(15)16)17-13-5(6(10)14)4-3-18-8(11)12-4/h3H,1-2H3,(H2,11,12)(H,15,16)/b13-5-. The lowest BCUT2D eigenvalue weighted by molar-refractivity contribution is -0.161. The van der Waals surface area contributed by atoms with Gasteiger partial charge in [0.25, 0.3) is 5.24 Å². The van der Waals surface area contributed by atoms with Gasteiger partial charge in [-0.25, -0.2) is 9.78 Å². The molecule has 1 rings (SSSR count). The van der Waals surface area contributed by atoms with Crippen LogP contribution < -0.4 is 5.73 Å². The highest BCUT2D eigenvalue weighted by Crippen LogP contribution is 2.15. The number of carbonyl (C=O) groups is 2. The van der Waals surface area contributed by atoms with Gasteiger partial charge in [0.15, 0.2) is 10.8 Å². The summed E-state index contributed by atoms with van der Waals surface area (Å²) in [6.45, 7) is 2.56. The quantitative estimate of drug-likeness (QED) is 0.476. The Balaban J connectivity index is 3.01. The van der Waals surface area contributed by atoms with E-state index in [1.54, 1.807) is 0 Å². The van der Waals surface area contributed by atoms with Crippen molar-refractivity contribution < 1.29 is 19.5 Å². The van der Waals surface area contributed by atoms with Gasteiger partial charge >= 0.3 is 5.97 Å². The maximum Gasteiger partial charge on any atom is 0.350 e. The molecule has 0 fully saturated rings. The summed E-state index contributed by atoms with van der Waals surface area (Å²) < 4.78 is 0. The zero-order valence-corrected chi connectivity index (χ0v) is 11.1. The van der Waals surface area contributed by atoms with Gasteiger partial charge in [0, 0.05) is 5.38 Å². The first kappa shape index (κ1) is 14.4. The molecule has 0 aliphatic rings. The fourth-order valence-corrected chi connectivity index (χ4v) is 1.46. The smallest absolute Gasteiger partial charge is 0.350 e. The van der Waals surface area contributed by atoms with Crippen LogP contribution in [0.1, 0.15) is 19.5 Å². The molecule has 1 aromatic heterocycles. The van der Waals surface area contributed by atoms with Crippen molar-refractivity contribution in [2.45, 2.75) is 19.4 Å². The molecule has 0 aromatic carbocycles. The summed E-state index contributed by atoms with van der Waals surface area (Å²) in [4.78, 5) is 30.6. The summed E-state index contributed by atoms with van der Waals surface area (Å²) in [5, 5.41) is 13.0. The first-order chi connectivity index (χ1) is 8.24. The predicted molar refractivity (Wildman–Crippen MR) is 66.7 cm³/mol. The molecule has 9 heteroatoms. The number of carboxylic acids is 1. The lowest BCUT2D eigenvalue weighted by Crippen LogP contribution is -2.33. The van der Waals surface area contributed by atoms with Gasteiger partial charge in [0.05, 0.1) is 0 Å². The number of halogens is 1. The summed E-state index contributed by atoms with van der Waals surface area (Å²) in [6.07, 6.45) is 0. The summed E-state index contributed by atoms with van der Waals surface area (Å²) in [5.41, 5.74) is 3.67. The number of thiazole rings is 1. The predicted octanol–water partition coefficient (Wildman–Crippen LogP) is 1.07. The Morgan fingerprint density at radius 2 is 2.22 bits per heavy atom. The second-order valence-corrected chi connectivity index (χ2v) is 4.92. The Hall–Kier alpha value is -1.67. The molecule has 0 amide bonds. The highest BCUT2D eigenvalue weighted by atomic mass is 35.5. The normalized spacial score (nSPS) is 12.3. The number of oxime groups is 1. The number of nitrogen functional groups attached to an aromatic ring is 1. The van der Waals surface area contributed by atoms with E-state index in [4.69, 9.17) is 27.3 Å². The molecule has 0 atom stereocenters. The maximum absolute atomic E-state index is 11.2. The second kappa shape index (κ2) is 5.32. The minimum atomic E-state index is -1.58. The Kier molecular flexibility index (Phi) is 4.25. The molecule has 1 aromatic rings. The molecule has 0 radical (unpaired) electrons. The molecule has 0 spiro atoms. The van der Waals surface area contributed by atoms with Gasteiger partial charge in [-0.05, 0) is 25.4 Å². The number of aromatic nitrogens is 1. The van der Waals surface area contributed by atoms with Crippen molar-refractivity contribution in [3.05, 3.63) is 11.1 Å². The fraction of sp³-hybridized carbons (Fsp3) is 0.333. The summed E-state index contributed by atoms with van der Waals surface area (Å²) in [6, 6.07) is 0. The van der Waals surface area contributed by atoms with Crippen molar-refractivity contribution in [1.82, 2.24) is 4.98 Å². The molecule has 0 saturated heterocycles. The number of nitrogens with zero attached hydrogens (tertiary/aromatic N) is 2. The largest absolute Gasteiger partial charge is 0.478 e. The molecule has 98 valence electrons. The van der Waals surface area contributed by atoms with Crippen LogP contribution in [0.3, 0.4) is 0 Å². The molecule has 0 aliphatic carbocycles. The lowest BCUT2D eigenvalue weighted by atomic mass is 10.1. The minimum absolute atomic E-state index is 0.138. The minimum Gasteiger partial charge on any atom is -0.478 e. The number of hydrogen-bond donors (Lipinski definition) is 2. The van der Waals surface area contributed by atoms with Crippen LogP contribution in [0, 0.1) is 0 Å². The SMILES string of the molecule is CC(C)(O/N=C(\C(=O)Cl)c1csc(N)n1)C(=O)O. The van der Waals surface area contributed by atoms with Crippen molar-refractivity contribution in [3.8, 4) is 0 Å². The lowest BCUT2D eigenvalue weighted by Gasteiger charge is -2.16.